The smallest absolute Gasteiger partial charge is 0.337 e. The van der Waals surface area contributed by atoms with Crippen molar-refractivity contribution in [3.63, 3.8) is 0 Å². The van der Waals surface area contributed by atoms with Gasteiger partial charge in [-0.1, -0.05) is 11.6 Å². The fourth-order valence-electron chi connectivity index (χ4n) is 2.55. The third kappa shape index (κ3) is 3.99. The molecule has 1 aliphatic rings. The maximum Gasteiger partial charge on any atom is 0.337 e. The van der Waals surface area contributed by atoms with Gasteiger partial charge in [0.2, 0.25) is 0 Å². The zero-order valence-electron chi connectivity index (χ0n) is 14.2. The molecule has 1 aromatic rings. The maximum absolute atomic E-state index is 12.2. The van der Waals surface area contributed by atoms with Crippen molar-refractivity contribution >= 4 is 29.6 Å². The highest BCUT2D eigenvalue weighted by molar-refractivity contribution is 6.30. The lowest BCUT2D eigenvalue weighted by molar-refractivity contribution is -0.307. The van der Waals surface area contributed by atoms with Crippen LogP contribution in [0.2, 0.25) is 5.02 Å². The summed E-state index contributed by atoms with van der Waals surface area (Å²) < 4.78 is 15.2. The second-order valence-corrected chi connectivity index (χ2v) is 5.69. The Bertz CT molecular complexity index is 791. The summed E-state index contributed by atoms with van der Waals surface area (Å²) in [6, 6.07) is 1.28. The van der Waals surface area contributed by atoms with Gasteiger partial charge >= 0.3 is 12.0 Å². The Morgan fingerprint density at radius 1 is 1.31 bits per heavy atom. The van der Waals surface area contributed by atoms with Crippen molar-refractivity contribution in [1.29, 1.82) is 0 Å². The molecular weight excluding hydrogens is 368 g/mol. The number of hydrogen-bond acceptors (Lipinski definition) is 7. The molecule has 140 valence electrons. The number of carbonyl (C=O) groups is 3. The van der Waals surface area contributed by atoms with Crippen LogP contribution in [-0.4, -0.2) is 38.8 Å². The van der Waals surface area contributed by atoms with Crippen LogP contribution in [0, 0.1) is 0 Å². The van der Waals surface area contributed by atoms with Gasteiger partial charge in [0.25, 0.3) is 0 Å². The molecule has 9 nitrogen and oxygen atoms in total. The van der Waals surface area contributed by atoms with Gasteiger partial charge in [0.1, 0.15) is 6.61 Å². The summed E-state index contributed by atoms with van der Waals surface area (Å²) in [6.07, 6.45) is 0. The fraction of sp³-hybridized carbons (Fsp3) is 0.312. The maximum atomic E-state index is 12.2. The lowest BCUT2D eigenvalue weighted by Crippen LogP contribution is -2.45. The average Bonchev–Trinajstić information content (AvgIpc) is 2.58. The average molecular weight is 384 g/mol. The highest BCUT2D eigenvalue weighted by atomic mass is 35.5. The van der Waals surface area contributed by atoms with E-state index in [1.165, 1.54) is 33.3 Å². The molecule has 10 heteroatoms. The first-order chi connectivity index (χ1) is 12.3. The van der Waals surface area contributed by atoms with Gasteiger partial charge in [-0.3, -0.25) is 0 Å². The van der Waals surface area contributed by atoms with Crippen molar-refractivity contribution in [2.24, 2.45) is 0 Å². The largest absolute Gasteiger partial charge is 0.546 e. The minimum absolute atomic E-state index is 0.00232. The summed E-state index contributed by atoms with van der Waals surface area (Å²) >= 11 is 6.09. The molecule has 0 bridgehead atoms. The number of nitrogens with one attached hydrogen (secondary N) is 2. The van der Waals surface area contributed by atoms with Gasteiger partial charge in [-0.25, -0.2) is 9.59 Å². The van der Waals surface area contributed by atoms with Crippen LogP contribution in [0.1, 0.15) is 18.5 Å². The third-order valence-electron chi connectivity index (χ3n) is 3.59. The molecule has 1 aliphatic heterocycles. The van der Waals surface area contributed by atoms with E-state index in [9.17, 15) is 19.5 Å². The van der Waals surface area contributed by atoms with E-state index in [1.54, 1.807) is 0 Å². The molecule has 0 aliphatic carbocycles. The molecule has 2 amide bonds. The molecule has 0 aromatic heterocycles. The van der Waals surface area contributed by atoms with Gasteiger partial charge in [0.15, 0.2) is 11.5 Å². The van der Waals surface area contributed by atoms with Crippen LogP contribution in [0.15, 0.2) is 23.4 Å². The minimum atomic E-state index is -1.46. The van der Waals surface area contributed by atoms with Gasteiger partial charge in [-0.2, -0.15) is 0 Å². The molecule has 0 spiro atoms. The number of benzene rings is 1. The topological polar surface area (TPSA) is 126 Å². The van der Waals surface area contributed by atoms with Crippen molar-refractivity contribution in [1.82, 2.24) is 10.6 Å². The summed E-state index contributed by atoms with van der Waals surface area (Å²) in [5.41, 5.74) is 0.607. The summed E-state index contributed by atoms with van der Waals surface area (Å²) in [6.45, 7) is 0.766. The molecule has 0 saturated heterocycles. The van der Waals surface area contributed by atoms with Crippen LogP contribution in [0.5, 0.6) is 11.5 Å². The van der Waals surface area contributed by atoms with Gasteiger partial charge in [0.05, 0.1) is 31.8 Å². The number of rotatable bonds is 6. The Morgan fingerprint density at radius 3 is 2.58 bits per heavy atom. The lowest BCUT2D eigenvalue weighted by Gasteiger charge is -2.29. The van der Waals surface area contributed by atoms with Crippen LogP contribution < -0.4 is 25.2 Å². The van der Waals surface area contributed by atoms with Crippen LogP contribution in [-0.2, 0) is 14.3 Å². The molecule has 2 rings (SSSR count). The van der Waals surface area contributed by atoms with Crippen molar-refractivity contribution in [2.75, 3.05) is 20.8 Å². The summed E-state index contributed by atoms with van der Waals surface area (Å²) in [5, 5.41) is 16.1. The number of urea groups is 1. The van der Waals surface area contributed by atoms with Crippen LogP contribution >= 0.6 is 11.6 Å². The SMILES string of the molecule is COC(=O)C1=C(C)NC(=O)N[C@H]1c1cc(Cl)cc(OC)c1OCC(=O)[O-]. The monoisotopic (exact) mass is 383 g/mol. The Hall–Kier alpha value is -2.94. The number of esters is 1. The molecule has 0 saturated carbocycles. The predicted octanol–water partition coefficient (Wildman–Crippen LogP) is 0.278. The van der Waals surface area contributed by atoms with E-state index in [-0.39, 0.29) is 33.4 Å². The van der Waals surface area contributed by atoms with E-state index < -0.39 is 30.6 Å². The number of amides is 2. The van der Waals surface area contributed by atoms with Gasteiger partial charge in [-0.15, -0.1) is 0 Å². The highest BCUT2D eigenvalue weighted by Crippen LogP contribution is 2.41. The molecular formula is C16H16ClN2O7-. The molecule has 1 aromatic carbocycles. The Labute approximate surface area is 153 Å². The number of carbonyl (C=O) groups excluding carboxylic acids is 3. The third-order valence-corrected chi connectivity index (χ3v) is 3.81. The number of allylic oxidation sites excluding steroid dienone is 1. The normalized spacial score (nSPS) is 16.5. The van der Waals surface area contributed by atoms with Crippen molar-refractivity contribution in [2.45, 2.75) is 13.0 Å². The predicted molar refractivity (Wildman–Crippen MR) is 87.6 cm³/mol. The van der Waals surface area contributed by atoms with Crippen LogP contribution in [0.3, 0.4) is 0 Å². The number of aliphatic carboxylic acids is 1. The van der Waals surface area contributed by atoms with E-state index in [1.807, 2.05) is 0 Å². The van der Waals surface area contributed by atoms with Crippen LogP contribution in [0.4, 0.5) is 4.79 Å². The first-order valence-electron chi connectivity index (χ1n) is 7.35. The molecule has 1 atom stereocenters. The zero-order chi connectivity index (χ0) is 19.4. The van der Waals surface area contributed by atoms with E-state index in [4.69, 9.17) is 25.8 Å². The molecule has 0 fully saturated rings. The van der Waals surface area contributed by atoms with Crippen molar-refractivity contribution < 1.29 is 33.7 Å². The molecule has 0 unspecified atom stereocenters. The minimum Gasteiger partial charge on any atom is -0.546 e. The highest BCUT2D eigenvalue weighted by Gasteiger charge is 2.35. The van der Waals surface area contributed by atoms with E-state index in [0.29, 0.717) is 0 Å². The summed E-state index contributed by atoms with van der Waals surface area (Å²) in [5.74, 6) is -2.02. The van der Waals surface area contributed by atoms with E-state index >= 15 is 0 Å². The lowest BCUT2D eigenvalue weighted by atomic mass is 9.94. The standard InChI is InChI=1S/C16H17ClN2O7/c1-7-12(15(22)25-3)13(19-16(23)18-7)9-4-8(17)5-10(24-2)14(9)26-6-11(20)21/h4-5,13H,6H2,1-3H3,(H,20,21)(H2,18,19,23)/p-1/t13-/m0/s1. The fourth-order valence-corrected chi connectivity index (χ4v) is 2.76. The number of methoxy groups -OCH3 is 2. The summed E-state index contributed by atoms with van der Waals surface area (Å²) in [4.78, 5) is 34.9. The number of carboxylic acid groups (broad SMARTS) is 1. The number of hydrogen-bond donors (Lipinski definition) is 2. The van der Waals surface area contributed by atoms with Crippen molar-refractivity contribution in [3.05, 3.63) is 34.0 Å². The quantitative estimate of drug-likeness (QED) is 0.675. The second-order valence-electron chi connectivity index (χ2n) is 5.25. The Kier molecular flexibility index (Phi) is 5.93. The van der Waals surface area contributed by atoms with Gasteiger partial charge in [-0.05, 0) is 13.0 Å². The molecule has 1 heterocycles. The Morgan fingerprint density at radius 2 is 2.00 bits per heavy atom. The Balaban J connectivity index is 2.65. The van der Waals surface area contributed by atoms with Crippen LogP contribution in [0.25, 0.3) is 0 Å². The van der Waals surface area contributed by atoms with Gasteiger partial charge < -0.3 is 34.7 Å². The zero-order valence-corrected chi connectivity index (χ0v) is 14.9. The molecule has 26 heavy (non-hydrogen) atoms. The van der Waals surface area contributed by atoms with E-state index in [2.05, 4.69) is 10.6 Å². The van der Waals surface area contributed by atoms with Crippen molar-refractivity contribution in [3.8, 4) is 11.5 Å². The second kappa shape index (κ2) is 7.96. The number of ether oxygens (including phenoxy) is 3. The molecule has 2 N–H and O–H groups in total. The number of halogens is 1. The van der Waals surface area contributed by atoms with E-state index in [0.717, 1.165) is 0 Å². The first kappa shape index (κ1) is 19.4. The first-order valence-corrected chi connectivity index (χ1v) is 7.73. The van der Waals surface area contributed by atoms with Gasteiger partial charge in [0, 0.05) is 22.3 Å². The molecule has 0 radical (unpaired) electrons. The summed E-state index contributed by atoms with van der Waals surface area (Å²) in [7, 11) is 2.53. The number of carboxylic acids is 1.